The molecule has 0 saturated carbocycles. The molecule has 1 aromatic heterocycles. The first-order valence-corrected chi connectivity index (χ1v) is 7.38. The van der Waals surface area contributed by atoms with Gasteiger partial charge in [0.2, 0.25) is 0 Å². The van der Waals surface area contributed by atoms with Gasteiger partial charge in [-0.3, -0.25) is 0 Å². The molecule has 1 aliphatic heterocycles. The van der Waals surface area contributed by atoms with E-state index in [1.165, 1.54) is 0 Å². The zero-order valence-electron chi connectivity index (χ0n) is 13.1. The second-order valence-electron chi connectivity index (χ2n) is 6.27. The second-order valence-corrected chi connectivity index (χ2v) is 6.27. The maximum absolute atomic E-state index is 9.11. The molecule has 0 unspecified atom stereocenters. The van der Waals surface area contributed by atoms with Crippen LogP contribution in [-0.4, -0.2) is 17.1 Å². The average Bonchev–Trinajstić information content (AvgIpc) is 2.62. The lowest BCUT2D eigenvalue weighted by Crippen LogP contribution is -2.41. The molecule has 0 aliphatic carbocycles. The first-order valence-electron chi connectivity index (χ1n) is 7.38. The molecule has 2 heterocycles. The predicted molar refractivity (Wildman–Crippen MR) is 85.9 cm³/mol. The van der Waals surface area contributed by atoms with E-state index in [9.17, 15) is 0 Å². The smallest absolute Gasteiger partial charge is 0.142 e. The van der Waals surface area contributed by atoms with Gasteiger partial charge < -0.3 is 9.64 Å². The number of ether oxygens (including phenoxy) is 1. The highest BCUT2D eigenvalue weighted by atomic mass is 16.5. The van der Waals surface area contributed by atoms with Gasteiger partial charge in [0.25, 0.3) is 0 Å². The van der Waals surface area contributed by atoms with Gasteiger partial charge in [0.15, 0.2) is 0 Å². The monoisotopic (exact) mass is 293 g/mol. The lowest BCUT2D eigenvalue weighted by molar-refractivity contribution is 0.121. The Hall–Kier alpha value is -2.54. The number of nitrogens with zero attached hydrogens (tertiary/aromatic N) is 3. The number of nitriles is 1. The standard InChI is InChI=1S/C18H19N3O/c1-13-8-9-15(10-19)20-17(13)21-11-14-6-4-5-7-16(14)22-18(2,3)12-21/h4-9H,11-12H2,1-3H3. The summed E-state index contributed by atoms with van der Waals surface area (Å²) in [4.78, 5) is 6.70. The fourth-order valence-corrected chi connectivity index (χ4v) is 2.84. The SMILES string of the molecule is Cc1ccc(C#N)nc1N1Cc2ccccc2OC(C)(C)C1. The van der Waals surface area contributed by atoms with Crippen molar-refractivity contribution >= 4 is 5.82 Å². The van der Waals surface area contributed by atoms with E-state index in [0.29, 0.717) is 12.2 Å². The molecule has 1 aliphatic rings. The normalized spacial score (nSPS) is 16.2. The molecule has 0 fully saturated rings. The molecule has 112 valence electrons. The molecular weight excluding hydrogens is 274 g/mol. The van der Waals surface area contributed by atoms with E-state index in [1.807, 2.05) is 31.2 Å². The molecule has 0 amide bonds. The van der Waals surface area contributed by atoms with Crippen LogP contribution in [0.2, 0.25) is 0 Å². The van der Waals surface area contributed by atoms with E-state index in [1.54, 1.807) is 6.07 Å². The van der Waals surface area contributed by atoms with Gasteiger partial charge in [-0.15, -0.1) is 0 Å². The fourth-order valence-electron chi connectivity index (χ4n) is 2.84. The Labute approximate surface area is 131 Å². The summed E-state index contributed by atoms with van der Waals surface area (Å²) in [5, 5.41) is 9.11. The van der Waals surface area contributed by atoms with Crippen LogP contribution in [0.4, 0.5) is 5.82 Å². The Balaban J connectivity index is 2.06. The van der Waals surface area contributed by atoms with Gasteiger partial charge in [0.1, 0.15) is 28.9 Å². The van der Waals surface area contributed by atoms with Gasteiger partial charge in [-0.05, 0) is 38.5 Å². The zero-order chi connectivity index (χ0) is 15.7. The number of fused-ring (bicyclic) bond motifs is 1. The summed E-state index contributed by atoms with van der Waals surface area (Å²) < 4.78 is 6.16. The highest BCUT2D eigenvalue weighted by molar-refractivity contribution is 5.51. The molecule has 0 saturated heterocycles. The molecule has 0 radical (unpaired) electrons. The summed E-state index contributed by atoms with van der Waals surface area (Å²) >= 11 is 0. The van der Waals surface area contributed by atoms with Crippen LogP contribution in [-0.2, 0) is 6.54 Å². The number of pyridine rings is 1. The van der Waals surface area contributed by atoms with Gasteiger partial charge in [0.05, 0.1) is 6.54 Å². The number of benzene rings is 1. The van der Waals surface area contributed by atoms with Crippen molar-refractivity contribution < 1.29 is 4.74 Å². The largest absolute Gasteiger partial charge is 0.486 e. The van der Waals surface area contributed by atoms with Crippen molar-refractivity contribution in [3.63, 3.8) is 0 Å². The summed E-state index contributed by atoms with van der Waals surface area (Å²) in [5.74, 6) is 1.77. The predicted octanol–water partition coefficient (Wildman–Crippen LogP) is 3.44. The maximum Gasteiger partial charge on any atom is 0.142 e. The van der Waals surface area contributed by atoms with Gasteiger partial charge in [-0.25, -0.2) is 4.98 Å². The van der Waals surface area contributed by atoms with E-state index in [0.717, 1.165) is 29.2 Å². The minimum absolute atomic E-state index is 0.330. The lowest BCUT2D eigenvalue weighted by Gasteiger charge is -2.31. The molecule has 22 heavy (non-hydrogen) atoms. The van der Waals surface area contributed by atoms with Gasteiger partial charge in [0, 0.05) is 12.1 Å². The highest BCUT2D eigenvalue weighted by Crippen LogP contribution is 2.32. The molecule has 3 rings (SSSR count). The molecule has 1 aromatic carbocycles. The third-order valence-electron chi connectivity index (χ3n) is 3.78. The quantitative estimate of drug-likeness (QED) is 0.808. The molecular formula is C18H19N3O. The van der Waals surface area contributed by atoms with E-state index in [4.69, 9.17) is 10.00 Å². The highest BCUT2D eigenvalue weighted by Gasteiger charge is 2.30. The van der Waals surface area contributed by atoms with E-state index in [-0.39, 0.29) is 5.60 Å². The minimum Gasteiger partial charge on any atom is -0.486 e. The number of para-hydroxylation sites is 1. The van der Waals surface area contributed by atoms with Crippen LogP contribution in [0.3, 0.4) is 0 Å². The van der Waals surface area contributed by atoms with Crippen LogP contribution >= 0.6 is 0 Å². The van der Waals surface area contributed by atoms with Crippen molar-refractivity contribution in [2.45, 2.75) is 32.9 Å². The molecule has 0 bridgehead atoms. The van der Waals surface area contributed by atoms with Crippen LogP contribution < -0.4 is 9.64 Å². The third-order valence-corrected chi connectivity index (χ3v) is 3.78. The van der Waals surface area contributed by atoms with Crippen molar-refractivity contribution in [2.24, 2.45) is 0 Å². The Bertz CT molecular complexity index is 746. The Morgan fingerprint density at radius 2 is 2.00 bits per heavy atom. The fraction of sp³-hybridized carbons (Fsp3) is 0.333. The molecule has 0 spiro atoms. The summed E-state index contributed by atoms with van der Waals surface area (Å²) in [5.41, 5.74) is 2.31. The molecule has 4 nitrogen and oxygen atoms in total. The lowest BCUT2D eigenvalue weighted by atomic mass is 10.1. The van der Waals surface area contributed by atoms with Crippen LogP contribution in [0.5, 0.6) is 5.75 Å². The van der Waals surface area contributed by atoms with Crippen LogP contribution in [0, 0.1) is 18.3 Å². The number of rotatable bonds is 1. The van der Waals surface area contributed by atoms with E-state index < -0.39 is 0 Å². The summed E-state index contributed by atoms with van der Waals surface area (Å²) in [6, 6.07) is 13.9. The van der Waals surface area contributed by atoms with Crippen molar-refractivity contribution in [3.05, 3.63) is 53.2 Å². The van der Waals surface area contributed by atoms with Gasteiger partial charge in [-0.2, -0.15) is 5.26 Å². The third kappa shape index (κ3) is 2.75. The van der Waals surface area contributed by atoms with Crippen molar-refractivity contribution in [1.82, 2.24) is 4.98 Å². The van der Waals surface area contributed by atoms with Crippen LogP contribution in [0.1, 0.15) is 30.7 Å². The van der Waals surface area contributed by atoms with Gasteiger partial charge >= 0.3 is 0 Å². The Morgan fingerprint density at radius 3 is 2.77 bits per heavy atom. The van der Waals surface area contributed by atoms with Crippen molar-refractivity contribution in [1.29, 1.82) is 5.26 Å². The van der Waals surface area contributed by atoms with Gasteiger partial charge in [-0.1, -0.05) is 24.3 Å². The van der Waals surface area contributed by atoms with Crippen molar-refractivity contribution in [3.8, 4) is 11.8 Å². The van der Waals surface area contributed by atoms with Crippen molar-refractivity contribution in [2.75, 3.05) is 11.4 Å². The first-order chi connectivity index (χ1) is 10.5. The molecule has 0 N–H and O–H groups in total. The zero-order valence-corrected chi connectivity index (χ0v) is 13.1. The second kappa shape index (κ2) is 5.34. The van der Waals surface area contributed by atoms with Crippen LogP contribution in [0.15, 0.2) is 36.4 Å². The molecule has 2 aromatic rings. The molecule has 0 atom stereocenters. The van der Waals surface area contributed by atoms with E-state index in [2.05, 4.69) is 35.9 Å². The number of anilines is 1. The molecule has 4 heteroatoms. The summed E-state index contributed by atoms with van der Waals surface area (Å²) in [7, 11) is 0. The first kappa shape index (κ1) is 14.4. The number of aryl methyl sites for hydroxylation is 1. The van der Waals surface area contributed by atoms with Crippen LogP contribution in [0.25, 0.3) is 0 Å². The number of hydrogen-bond donors (Lipinski definition) is 0. The Morgan fingerprint density at radius 1 is 1.23 bits per heavy atom. The summed E-state index contributed by atoms with van der Waals surface area (Å²) in [6.07, 6.45) is 0. The topological polar surface area (TPSA) is 49.2 Å². The Kier molecular flexibility index (Phi) is 3.50. The number of hydrogen-bond acceptors (Lipinski definition) is 4. The average molecular weight is 293 g/mol. The minimum atomic E-state index is -0.330. The maximum atomic E-state index is 9.11. The summed E-state index contributed by atoms with van der Waals surface area (Å²) in [6.45, 7) is 7.61. The number of aromatic nitrogens is 1. The van der Waals surface area contributed by atoms with E-state index >= 15 is 0 Å².